The smallest absolute Gasteiger partial charge is 0.387 e. The van der Waals surface area contributed by atoms with Gasteiger partial charge in [0.1, 0.15) is 5.75 Å². The topological polar surface area (TPSA) is 64.4 Å². The van der Waals surface area contributed by atoms with Crippen LogP contribution < -0.4 is 15.8 Å². The summed E-state index contributed by atoms with van der Waals surface area (Å²) in [6, 6.07) is 14.9. The normalized spacial score (nSPS) is 14.0. The molecule has 3 unspecified atom stereocenters. The molecule has 4 nitrogen and oxygen atoms in total. The summed E-state index contributed by atoms with van der Waals surface area (Å²) in [7, 11) is 0. The Hall–Kier alpha value is -2.18. The van der Waals surface area contributed by atoms with Crippen LogP contribution >= 0.6 is 12.4 Å². The summed E-state index contributed by atoms with van der Waals surface area (Å²) in [5, 5.41) is 2.90. The predicted octanol–water partition coefficient (Wildman–Crippen LogP) is 4.61. The van der Waals surface area contributed by atoms with E-state index in [1.165, 1.54) is 6.07 Å². The van der Waals surface area contributed by atoms with Gasteiger partial charge in [-0.3, -0.25) is 4.79 Å². The third-order valence-electron chi connectivity index (χ3n) is 4.37. The van der Waals surface area contributed by atoms with Crippen LogP contribution in [0, 0.1) is 5.92 Å². The van der Waals surface area contributed by atoms with E-state index in [0.29, 0.717) is 12.0 Å². The summed E-state index contributed by atoms with van der Waals surface area (Å²) in [6.45, 7) is 0.697. The second kappa shape index (κ2) is 10.8. The molecule has 0 radical (unpaired) electrons. The Morgan fingerprint density at radius 3 is 2.30 bits per heavy atom. The lowest BCUT2D eigenvalue weighted by Gasteiger charge is -2.25. The number of rotatable bonds is 8. The van der Waals surface area contributed by atoms with Gasteiger partial charge in [0.25, 0.3) is 0 Å². The number of halogens is 3. The van der Waals surface area contributed by atoms with Crippen LogP contribution in [0.4, 0.5) is 8.78 Å². The molecule has 3 atom stereocenters. The highest BCUT2D eigenvalue weighted by molar-refractivity contribution is 5.85. The number of nitrogens with two attached hydrogens (primary N) is 1. The fourth-order valence-corrected chi connectivity index (χ4v) is 2.80. The minimum Gasteiger partial charge on any atom is -0.434 e. The third kappa shape index (κ3) is 6.19. The zero-order valence-electron chi connectivity index (χ0n) is 15.3. The van der Waals surface area contributed by atoms with Crippen LogP contribution in [0.3, 0.4) is 0 Å². The molecular formula is C20H25ClF2N2O2. The van der Waals surface area contributed by atoms with E-state index in [1.807, 2.05) is 37.3 Å². The molecule has 1 amide bonds. The molecule has 0 saturated heterocycles. The van der Waals surface area contributed by atoms with E-state index in [0.717, 1.165) is 5.56 Å². The van der Waals surface area contributed by atoms with Crippen LogP contribution in [-0.4, -0.2) is 12.5 Å². The zero-order valence-corrected chi connectivity index (χ0v) is 16.1. The SMILES string of the molecule is CCC(NC(=O)C(C)C(N)c1ccccc1)c1ccccc1OC(F)F.Cl. The number of carbonyl (C=O) groups is 1. The molecule has 0 aliphatic rings. The van der Waals surface area contributed by atoms with Gasteiger partial charge in [0.15, 0.2) is 0 Å². The Labute approximate surface area is 164 Å². The first-order valence-corrected chi connectivity index (χ1v) is 8.58. The number of ether oxygens (including phenoxy) is 1. The minimum atomic E-state index is -2.92. The lowest BCUT2D eigenvalue weighted by atomic mass is 9.93. The number of alkyl halides is 2. The highest BCUT2D eigenvalue weighted by Crippen LogP contribution is 2.29. The van der Waals surface area contributed by atoms with Crippen molar-refractivity contribution >= 4 is 18.3 Å². The molecule has 3 N–H and O–H groups in total. The van der Waals surface area contributed by atoms with Crippen molar-refractivity contribution in [3.8, 4) is 5.75 Å². The van der Waals surface area contributed by atoms with E-state index in [-0.39, 0.29) is 24.1 Å². The van der Waals surface area contributed by atoms with Crippen molar-refractivity contribution in [3.05, 3.63) is 65.7 Å². The summed E-state index contributed by atoms with van der Waals surface area (Å²) in [5.41, 5.74) is 7.59. The van der Waals surface area contributed by atoms with Crippen LogP contribution in [0.2, 0.25) is 0 Å². The van der Waals surface area contributed by atoms with E-state index in [2.05, 4.69) is 10.1 Å². The van der Waals surface area contributed by atoms with Crippen molar-refractivity contribution in [2.45, 2.75) is 39.0 Å². The molecule has 0 saturated carbocycles. The van der Waals surface area contributed by atoms with Crippen molar-refractivity contribution < 1.29 is 18.3 Å². The highest BCUT2D eigenvalue weighted by Gasteiger charge is 2.25. The Bertz CT molecular complexity index is 716. The number of para-hydroxylation sites is 1. The minimum absolute atomic E-state index is 0. The Morgan fingerprint density at radius 2 is 1.70 bits per heavy atom. The number of hydrogen-bond donors (Lipinski definition) is 2. The van der Waals surface area contributed by atoms with Gasteiger partial charge < -0.3 is 15.8 Å². The maximum Gasteiger partial charge on any atom is 0.387 e. The second-order valence-electron chi connectivity index (χ2n) is 6.11. The molecule has 0 aliphatic carbocycles. The first kappa shape index (κ1) is 22.9. The molecule has 0 bridgehead atoms. The van der Waals surface area contributed by atoms with E-state index in [4.69, 9.17) is 5.73 Å². The molecule has 0 heterocycles. The van der Waals surface area contributed by atoms with Gasteiger partial charge in [0, 0.05) is 11.6 Å². The summed E-state index contributed by atoms with van der Waals surface area (Å²) < 4.78 is 29.8. The van der Waals surface area contributed by atoms with Crippen molar-refractivity contribution in [2.75, 3.05) is 0 Å². The standard InChI is InChI=1S/C20H24F2N2O2.ClH/c1-3-16(15-11-7-8-12-17(15)26-20(21)22)24-19(25)13(2)18(23)14-9-5-4-6-10-14;/h4-13,16,18,20H,3,23H2,1-2H3,(H,24,25);1H. The summed E-state index contributed by atoms with van der Waals surface area (Å²) in [6.07, 6.45) is 0.530. The van der Waals surface area contributed by atoms with Gasteiger partial charge in [-0.25, -0.2) is 0 Å². The van der Waals surface area contributed by atoms with Gasteiger partial charge in [0.05, 0.1) is 12.0 Å². The monoisotopic (exact) mass is 398 g/mol. The van der Waals surface area contributed by atoms with E-state index in [1.54, 1.807) is 25.1 Å². The Kier molecular flexibility index (Phi) is 9.18. The first-order valence-electron chi connectivity index (χ1n) is 8.58. The van der Waals surface area contributed by atoms with Crippen LogP contribution in [0.15, 0.2) is 54.6 Å². The molecule has 148 valence electrons. The predicted molar refractivity (Wildman–Crippen MR) is 104 cm³/mol. The average molecular weight is 399 g/mol. The number of amides is 1. The van der Waals surface area contributed by atoms with E-state index >= 15 is 0 Å². The van der Waals surface area contributed by atoms with Crippen molar-refractivity contribution in [2.24, 2.45) is 11.7 Å². The van der Waals surface area contributed by atoms with E-state index in [9.17, 15) is 13.6 Å². The number of hydrogen-bond acceptors (Lipinski definition) is 3. The van der Waals surface area contributed by atoms with Crippen molar-refractivity contribution in [1.29, 1.82) is 0 Å². The number of carbonyl (C=O) groups excluding carboxylic acids is 1. The lowest BCUT2D eigenvalue weighted by molar-refractivity contribution is -0.126. The molecule has 27 heavy (non-hydrogen) atoms. The van der Waals surface area contributed by atoms with Crippen molar-refractivity contribution in [1.82, 2.24) is 5.32 Å². The molecular weight excluding hydrogens is 374 g/mol. The van der Waals surface area contributed by atoms with Gasteiger partial charge in [-0.1, -0.05) is 62.4 Å². The van der Waals surface area contributed by atoms with Crippen LogP contribution in [-0.2, 0) is 4.79 Å². The Balaban J connectivity index is 0.00000364. The molecule has 0 aromatic heterocycles. The summed E-state index contributed by atoms with van der Waals surface area (Å²) in [5.74, 6) is -0.649. The third-order valence-corrected chi connectivity index (χ3v) is 4.37. The zero-order chi connectivity index (χ0) is 19.1. The summed E-state index contributed by atoms with van der Waals surface area (Å²) >= 11 is 0. The molecule has 2 rings (SSSR count). The van der Waals surface area contributed by atoms with Gasteiger partial charge in [-0.15, -0.1) is 12.4 Å². The van der Waals surface area contributed by atoms with E-state index < -0.39 is 24.6 Å². The number of benzene rings is 2. The first-order chi connectivity index (χ1) is 12.4. The molecule has 0 aliphatic heterocycles. The quantitative estimate of drug-likeness (QED) is 0.682. The fourth-order valence-electron chi connectivity index (χ4n) is 2.80. The maximum atomic E-state index is 12.7. The lowest BCUT2D eigenvalue weighted by Crippen LogP contribution is -2.37. The van der Waals surface area contributed by atoms with Crippen LogP contribution in [0.25, 0.3) is 0 Å². The van der Waals surface area contributed by atoms with Crippen LogP contribution in [0.5, 0.6) is 5.75 Å². The molecule has 2 aromatic rings. The molecule has 0 spiro atoms. The number of nitrogens with one attached hydrogen (secondary N) is 1. The van der Waals surface area contributed by atoms with Gasteiger partial charge >= 0.3 is 6.61 Å². The van der Waals surface area contributed by atoms with Gasteiger partial charge in [-0.05, 0) is 18.1 Å². The fraction of sp³-hybridized carbons (Fsp3) is 0.350. The maximum absolute atomic E-state index is 12.7. The average Bonchev–Trinajstić information content (AvgIpc) is 2.65. The molecule has 7 heteroatoms. The van der Waals surface area contributed by atoms with Gasteiger partial charge in [0.2, 0.25) is 5.91 Å². The molecule has 0 fully saturated rings. The largest absolute Gasteiger partial charge is 0.434 e. The molecule has 2 aromatic carbocycles. The van der Waals surface area contributed by atoms with Gasteiger partial charge in [-0.2, -0.15) is 8.78 Å². The van der Waals surface area contributed by atoms with Crippen LogP contribution in [0.1, 0.15) is 43.5 Å². The highest BCUT2D eigenvalue weighted by atomic mass is 35.5. The second-order valence-corrected chi connectivity index (χ2v) is 6.11. The van der Waals surface area contributed by atoms with Crippen molar-refractivity contribution in [3.63, 3.8) is 0 Å². The summed E-state index contributed by atoms with van der Waals surface area (Å²) in [4.78, 5) is 12.7. The Morgan fingerprint density at radius 1 is 1.11 bits per heavy atom.